The molecule has 3 rings (SSSR count). The second kappa shape index (κ2) is 5.92. The minimum Gasteiger partial charge on any atom is -0.343 e. The number of tetrazole rings is 1. The average Bonchev–Trinajstić information content (AvgIpc) is 3.09. The second-order valence-electron chi connectivity index (χ2n) is 5.26. The van der Waals surface area contributed by atoms with Crippen molar-refractivity contribution in [1.82, 2.24) is 25.5 Å². The summed E-state index contributed by atoms with van der Waals surface area (Å²) >= 11 is 0. The Morgan fingerprint density at radius 3 is 2.82 bits per heavy atom. The lowest BCUT2D eigenvalue weighted by Gasteiger charge is -2.21. The van der Waals surface area contributed by atoms with Gasteiger partial charge in [0.2, 0.25) is 11.8 Å². The smallest absolute Gasteiger partial charge is 0.249 e. The molecule has 2 amide bonds. The van der Waals surface area contributed by atoms with Gasteiger partial charge in [0.1, 0.15) is 18.9 Å². The molecule has 0 unspecified atom stereocenters. The van der Waals surface area contributed by atoms with Gasteiger partial charge in [-0.2, -0.15) is 0 Å². The van der Waals surface area contributed by atoms with Crippen LogP contribution in [-0.4, -0.2) is 44.1 Å². The van der Waals surface area contributed by atoms with Gasteiger partial charge in [0.25, 0.3) is 0 Å². The Bertz CT molecular complexity index is 657. The van der Waals surface area contributed by atoms with Crippen molar-refractivity contribution in [3.05, 3.63) is 36.7 Å². The molecule has 0 radical (unpaired) electrons. The molecular formula is C14H16N6O2. The van der Waals surface area contributed by atoms with Crippen LogP contribution in [0.1, 0.15) is 13.3 Å². The van der Waals surface area contributed by atoms with Gasteiger partial charge in [-0.25, -0.2) is 4.68 Å². The Labute approximate surface area is 127 Å². The molecule has 0 aliphatic carbocycles. The van der Waals surface area contributed by atoms with Crippen LogP contribution in [0.2, 0.25) is 0 Å². The highest BCUT2D eigenvalue weighted by Gasteiger charge is 2.38. The molecule has 1 aromatic heterocycles. The zero-order valence-electron chi connectivity index (χ0n) is 12.1. The second-order valence-corrected chi connectivity index (χ2v) is 5.26. The van der Waals surface area contributed by atoms with Crippen LogP contribution in [0.3, 0.4) is 0 Å². The lowest BCUT2D eigenvalue weighted by atomic mass is 10.2. The molecule has 1 aromatic carbocycles. The van der Waals surface area contributed by atoms with E-state index in [2.05, 4.69) is 20.8 Å². The fraction of sp³-hybridized carbons (Fsp3) is 0.357. The molecule has 8 nitrogen and oxygen atoms in total. The number of amides is 2. The van der Waals surface area contributed by atoms with Crippen LogP contribution >= 0.6 is 0 Å². The Hall–Kier alpha value is -2.77. The number of benzene rings is 1. The molecule has 1 aliphatic heterocycles. The Balaban J connectivity index is 1.66. The van der Waals surface area contributed by atoms with Gasteiger partial charge in [-0.05, 0) is 35.9 Å². The van der Waals surface area contributed by atoms with Crippen molar-refractivity contribution in [3.8, 4) is 0 Å². The van der Waals surface area contributed by atoms with Crippen molar-refractivity contribution >= 4 is 17.5 Å². The van der Waals surface area contributed by atoms with Gasteiger partial charge in [0, 0.05) is 11.7 Å². The van der Waals surface area contributed by atoms with Crippen LogP contribution in [0.15, 0.2) is 36.7 Å². The van der Waals surface area contributed by atoms with Gasteiger partial charge in [0.05, 0.1) is 0 Å². The number of carbonyl (C=O) groups is 2. The van der Waals surface area contributed by atoms with Crippen molar-refractivity contribution < 1.29 is 9.59 Å². The molecule has 2 atom stereocenters. The van der Waals surface area contributed by atoms with E-state index in [1.165, 1.54) is 11.0 Å². The number of para-hydroxylation sites is 1. The highest BCUT2D eigenvalue weighted by atomic mass is 16.2. The highest BCUT2D eigenvalue weighted by Crippen LogP contribution is 2.26. The maximum Gasteiger partial charge on any atom is 0.249 e. The zero-order chi connectivity index (χ0) is 15.5. The maximum absolute atomic E-state index is 12.5. The molecule has 1 N–H and O–H groups in total. The summed E-state index contributed by atoms with van der Waals surface area (Å²) in [6.07, 6.45) is 1.93. The monoisotopic (exact) mass is 300 g/mol. The lowest BCUT2D eigenvalue weighted by molar-refractivity contribution is -0.127. The van der Waals surface area contributed by atoms with Gasteiger partial charge >= 0.3 is 0 Å². The summed E-state index contributed by atoms with van der Waals surface area (Å²) < 4.78 is 1.31. The topological polar surface area (TPSA) is 93.0 Å². The number of rotatable bonds is 4. The van der Waals surface area contributed by atoms with Crippen LogP contribution in [0.4, 0.5) is 5.69 Å². The van der Waals surface area contributed by atoms with E-state index in [1.807, 2.05) is 37.3 Å². The standard InChI is InChI=1S/C14H16N6O2/c1-10-7-12(16-13(21)8-19-9-15-17-18-19)14(22)20(10)11-5-3-2-4-6-11/h2-6,9-10,12H,7-8H2,1H3,(H,16,21)/t10-,12-/m1/s1. The minimum absolute atomic E-state index is 0.00347. The van der Waals surface area contributed by atoms with Crippen molar-refractivity contribution in [1.29, 1.82) is 0 Å². The third-order valence-electron chi connectivity index (χ3n) is 3.62. The summed E-state index contributed by atoms with van der Waals surface area (Å²) in [6.45, 7) is 1.97. The van der Waals surface area contributed by atoms with Crippen LogP contribution in [0, 0.1) is 0 Å². The molecule has 2 aromatic rings. The third kappa shape index (κ3) is 2.80. The van der Waals surface area contributed by atoms with E-state index >= 15 is 0 Å². The van der Waals surface area contributed by atoms with Crippen molar-refractivity contribution in [2.45, 2.75) is 32.0 Å². The van der Waals surface area contributed by atoms with E-state index < -0.39 is 6.04 Å². The molecule has 0 saturated carbocycles. The van der Waals surface area contributed by atoms with Crippen molar-refractivity contribution in [2.75, 3.05) is 4.90 Å². The fourth-order valence-corrected chi connectivity index (χ4v) is 2.66. The van der Waals surface area contributed by atoms with E-state index in [0.29, 0.717) is 6.42 Å². The predicted molar refractivity (Wildman–Crippen MR) is 77.8 cm³/mol. The molecule has 22 heavy (non-hydrogen) atoms. The molecule has 0 bridgehead atoms. The summed E-state index contributed by atoms with van der Waals surface area (Å²) in [4.78, 5) is 26.2. The number of hydrogen-bond donors (Lipinski definition) is 1. The molecule has 1 fully saturated rings. The molecule has 114 valence electrons. The Morgan fingerprint density at radius 1 is 1.36 bits per heavy atom. The first-order valence-electron chi connectivity index (χ1n) is 7.03. The van der Waals surface area contributed by atoms with Crippen LogP contribution in [0.5, 0.6) is 0 Å². The summed E-state index contributed by atoms with van der Waals surface area (Å²) in [5.74, 6) is -0.378. The van der Waals surface area contributed by atoms with Gasteiger partial charge in [0.15, 0.2) is 0 Å². The minimum atomic E-state index is -0.515. The predicted octanol–water partition coefficient (Wildman–Crippen LogP) is -0.0167. The third-order valence-corrected chi connectivity index (χ3v) is 3.62. The molecular weight excluding hydrogens is 284 g/mol. The first-order valence-corrected chi connectivity index (χ1v) is 7.03. The Kier molecular flexibility index (Phi) is 3.82. The lowest BCUT2D eigenvalue weighted by Crippen LogP contribution is -2.43. The van der Waals surface area contributed by atoms with E-state index in [-0.39, 0.29) is 24.4 Å². The maximum atomic E-state index is 12.5. The highest BCUT2D eigenvalue weighted by molar-refractivity contribution is 6.01. The summed E-state index contributed by atoms with van der Waals surface area (Å²) in [6, 6.07) is 8.98. The molecule has 2 heterocycles. The van der Waals surface area contributed by atoms with E-state index in [0.717, 1.165) is 5.69 Å². The normalized spacial score (nSPS) is 21.1. The largest absolute Gasteiger partial charge is 0.343 e. The van der Waals surface area contributed by atoms with Crippen molar-refractivity contribution in [3.63, 3.8) is 0 Å². The average molecular weight is 300 g/mol. The summed E-state index contributed by atoms with van der Waals surface area (Å²) in [5, 5.41) is 13.3. The van der Waals surface area contributed by atoms with Crippen LogP contribution in [0.25, 0.3) is 0 Å². The molecule has 8 heteroatoms. The number of nitrogens with zero attached hydrogens (tertiary/aromatic N) is 5. The summed E-state index contributed by atoms with van der Waals surface area (Å²) in [5.41, 5.74) is 0.845. The number of aromatic nitrogens is 4. The van der Waals surface area contributed by atoms with Gasteiger partial charge in [-0.1, -0.05) is 18.2 Å². The fourth-order valence-electron chi connectivity index (χ4n) is 2.66. The zero-order valence-corrected chi connectivity index (χ0v) is 12.1. The van der Waals surface area contributed by atoms with Crippen molar-refractivity contribution in [2.24, 2.45) is 0 Å². The number of carbonyl (C=O) groups excluding carboxylic acids is 2. The van der Waals surface area contributed by atoms with E-state index in [1.54, 1.807) is 4.90 Å². The van der Waals surface area contributed by atoms with Gasteiger partial charge in [-0.15, -0.1) is 5.10 Å². The number of nitrogens with one attached hydrogen (secondary N) is 1. The first-order chi connectivity index (χ1) is 10.6. The van der Waals surface area contributed by atoms with Crippen LogP contribution < -0.4 is 10.2 Å². The molecule has 0 spiro atoms. The Morgan fingerprint density at radius 2 is 2.14 bits per heavy atom. The van der Waals surface area contributed by atoms with Gasteiger partial charge < -0.3 is 10.2 Å². The first kappa shape index (κ1) is 14.2. The van der Waals surface area contributed by atoms with Gasteiger partial charge in [-0.3, -0.25) is 9.59 Å². The van der Waals surface area contributed by atoms with E-state index in [9.17, 15) is 9.59 Å². The quantitative estimate of drug-likeness (QED) is 0.857. The molecule has 1 saturated heterocycles. The number of hydrogen-bond acceptors (Lipinski definition) is 5. The van der Waals surface area contributed by atoms with Crippen LogP contribution in [-0.2, 0) is 16.1 Å². The number of anilines is 1. The van der Waals surface area contributed by atoms with E-state index in [4.69, 9.17) is 0 Å². The summed E-state index contributed by atoms with van der Waals surface area (Å²) in [7, 11) is 0. The molecule has 1 aliphatic rings. The SMILES string of the molecule is C[C@@H]1C[C@@H](NC(=O)Cn2cnnn2)C(=O)N1c1ccccc1.